The molecular weight excluding hydrogens is 292 g/mol. The second-order valence-corrected chi connectivity index (χ2v) is 5.34. The summed E-state index contributed by atoms with van der Waals surface area (Å²) in [6.07, 6.45) is 0.384. The van der Waals surface area contributed by atoms with Crippen LogP contribution >= 0.6 is 0 Å². The zero-order valence-electron chi connectivity index (χ0n) is 13.1. The summed E-state index contributed by atoms with van der Waals surface area (Å²) in [6, 6.07) is 12.5. The van der Waals surface area contributed by atoms with Gasteiger partial charge in [-0.2, -0.15) is 0 Å². The standard InChI is InChI=1S/C18H18N2O3/c1-3-20-16-9-6-14(10-13(16)11-17(20)21)19-18(22)12-4-7-15(23-2)8-5-12/h4-10H,3,11H2,1-2H3,(H,19,22). The van der Waals surface area contributed by atoms with Gasteiger partial charge in [0.05, 0.1) is 13.5 Å². The lowest BCUT2D eigenvalue weighted by atomic mass is 10.1. The van der Waals surface area contributed by atoms with E-state index in [0.29, 0.717) is 30.0 Å². The van der Waals surface area contributed by atoms with E-state index in [1.165, 1.54) is 0 Å². The van der Waals surface area contributed by atoms with E-state index in [1.54, 1.807) is 36.3 Å². The lowest BCUT2D eigenvalue weighted by Gasteiger charge is -2.15. The molecule has 0 aromatic heterocycles. The van der Waals surface area contributed by atoms with E-state index < -0.39 is 0 Å². The normalized spacial score (nSPS) is 13.0. The van der Waals surface area contributed by atoms with Gasteiger partial charge in [0.15, 0.2) is 0 Å². The van der Waals surface area contributed by atoms with Gasteiger partial charge in [-0.05, 0) is 55.0 Å². The minimum atomic E-state index is -0.190. The number of ether oxygens (including phenoxy) is 1. The second kappa shape index (κ2) is 6.12. The topological polar surface area (TPSA) is 58.6 Å². The largest absolute Gasteiger partial charge is 0.497 e. The van der Waals surface area contributed by atoms with Crippen LogP contribution in [-0.4, -0.2) is 25.5 Å². The van der Waals surface area contributed by atoms with Crippen molar-refractivity contribution in [3.63, 3.8) is 0 Å². The van der Waals surface area contributed by atoms with Crippen LogP contribution in [0.2, 0.25) is 0 Å². The van der Waals surface area contributed by atoms with Crippen molar-refractivity contribution < 1.29 is 14.3 Å². The van der Waals surface area contributed by atoms with Crippen molar-refractivity contribution >= 4 is 23.2 Å². The highest BCUT2D eigenvalue weighted by Gasteiger charge is 2.26. The first kappa shape index (κ1) is 15.1. The Morgan fingerprint density at radius 3 is 2.61 bits per heavy atom. The molecule has 5 heteroatoms. The van der Waals surface area contributed by atoms with E-state index >= 15 is 0 Å². The number of likely N-dealkylation sites (N-methyl/N-ethyl adjacent to an activating group) is 1. The number of rotatable bonds is 4. The first-order chi connectivity index (χ1) is 11.1. The fourth-order valence-electron chi connectivity index (χ4n) is 2.75. The lowest BCUT2D eigenvalue weighted by molar-refractivity contribution is -0.117. The van der Waals surface area contributed by atoms with E-state index in [1.807, 2.05) is 25.1 Å². The molecule has 23 heavy (non-hydrogen) atoms. The molecule has 0 bridgehead atoms. The predicted octanol–water partition coefficient (Wildman–Crippen LogP) is 2.86. The van der Waals surface area contributed by atoms with Crippen molar-refractivity contribution in [1.82, 2.24) is 0 Å². The molecule has 2 aromatic carbocycles. The maximum absolute atomic E-state index is 12.3. The molecule has 0 spiro atoms. The Morgan fingerprint density at radius 1 is 1.22 bits per heavy atom. The summed E-state index contributed by atoms with van der Waals surface area (Å²) >= 11 is 0. The molecule has 1 aliphatic heterocycles. The van der Waals surface area contributed by atoms with Crippen molar-refractivity contribution in [3.05, 3.63) is 53.6 Å². The monoisotopic (exact) mass is 310 g/mol. The Hall–Kier alpha value is -2.82. The molecule has 0 radical (unpaired) electrons. The van der Waals surface area contributed by atoms with Gasteiger partial charge in [0.2, 0.25) is 5.91 Å². The Kier molecular flexibility index (Phi) is 4.02. The summed E-state index contributed by atoms with van der Waals surface area (Å²) in [4.78, 5) is 25.9. The third-order valence-corrected chi connectivity index (χ3v) is 3.94. The number of nitrogens with zero attached hydrogens (tertiary/aromatic N) is 1. The van der Waals surface area contributed by atoms with Gasteiger partial charge in [-0.3, -0.25) is 9.59 Å². The van der Waals surface area contributed by atoms with Gasteiger partial charge in [-0.15, -0.1) is 0 Å². The molecule has 1 N–H and O–H groups in total. The summed E-state index contributed by atoms with van der Waals surface area (Å²) in [7, 11) is 1.58. The number of nitrogens with one attached hydrogen (secondary N) is 1. The number of anilines is 2. The van der Waals surface area contributed by atoms with Gasteiger partial charge >= 0.3 is 0 Å². The molecule has 1 heterocycles. The van der Waals surface area contributed by atoms with Gasteiger partial charge < -0.3 is 15.0 Å². The molecule has 5 nitrogen and oxygen atoms in total. The van der Waals surface area contributed by atoms with E-state index in [4.69, 9.17) is 4.74 Å². The molecular formula is C18H18N2O3. The fraction of sp³-hybridized carbons (Fsp3) is 0.222. The van der Waals surface area contributed by atoms with Gasteiger partial charge in [0, 0.05) is 23.5 Å². The quantitative estimate of drug-likeness (QED) is 0.944. The molecule has 0 saturated heterocycles. The van der Waals surface area contributed by atoms with Crippen molar-refractivity contribution in [2.75, 3.05) is 23.9 Å². The highest BCUT2D eigenvalue weighted by Crippen LogP contribution is 2.31. The molecule has 3 rings (SSSR count). The van der Waals surface area contributed by atoms with E-state index in [2.05, 4.69) is 5.32 Å². The fourth-order valence-corrected chi connectivity index (χ4v) is 2.75. The number of methoxy groups -OCH3 is 1. The number of carbonyl (C=O) groups is 2. The number of fused-ring (bicyclic) bond motifs is 1. The summed E-state index contributed by atoms with van der Waals surface area (Å²) in [5.74, 6) is 0.614. The van der Waals surface area contributed by atoms with Crippen LogP contribution in [-0.2, 0) is 11.2 Å². The zero-order valence-corrected chi connectivity index (χ0v) is 13.1. The summed E-state index contributed by atoms with van der Waals surface area (Å²) in [5.41, 5.74) is 3.12. The maximum Gasteiger partial charge on any atom is 0.255 e. The average Bonchev–Trinajstić information content (AvgIpc) is 2.89. The zero-order chi connectivity index (χ0) is 16.4. The van der Waals surface area contributed by atoms with E-state index in [9.17, 15) is 9.59 Å². The van der Waals surface area contributed by atoms with Crippen LogP contribution in [0.4, 0.5) is 11.4 Å². The highest BCUT2D eigenvalue weighted by atomic mass is 16.5. The van der Waals surface area contributed by atoms with Crippen LogP contribution in [0.1, 0.15) is 22.8 Å². The molecule has 0 atom stereocenters. The molecule has 0 saturated carbocycles. The van der Waals surface area contributed by atoms with Crippen LogP contribution in [0.15, 0.2) is 42.5 Å². The smallest absolute Gasteiger partial charge is 0.255 e. The minimum absolute atomic E-state index is 0.0983. The highest BCUT2D eigenvalue weighted by molar-refractivity contribution is 6.06. The Balaban J connectivity index is 1.77. The summed E-state index contributed by atoms with van der Waals surface area (Å²) in [6.45, 7) is 2.61. The third-order valence-electron chi connectivity index (χ3n) is 3.94. The Morgan fingerprint density at radius 2 is 1.96 bits per heavy atom. The van der Waals surface area contributed by atoms with Crippen LogP contribution < -0.4 is 15.0 Å². The van der Waals surface area contributed by atoms with Crippen LogP contribution in [0.3, 0.4) is 0 Å². The Bertz CT molecular complexity index is 753. The molecule has 0 fully saturated rings. The average molecular weight is 310 g/mol. The number of hydrogen-bond donors (Lipinski definition) is 1. The van der Waals surface area contributed by atoms with Crippen molar-refractivity contribution in [2.24, 2.45) is 0 Å². The van der Waals surface area contributed by atoms with Crippen molar-refractivity contribution in [1.29, 1.82) is 0 Å². The second-order valence-electron chi connectivity index (χ2n) is 5.34. The van der Waals surface area contributed by atoms with Crippen molar-refractivity contribution in [2.45, 2.75) is 13.3 Å². The number of hydrogen-bond acceptors (Lipinski definition) is 3. The molecule has 0 unspecified atom stereocenters. The van der Waals surface area contributed by atoms with Crippen molar-refractivity contribution in [3.8, 4) is 5.75 Å². The molecule has 118 valence electrons. The molecule has 2 amide bonds. The van der Waals surface area contributed by atoms with Gasteiger partial charge in [0.1, 0.15) is 5.75 Å². The lowest BCUT2D eigenvalue weighted by Crippen LogP contribution is -2.25. The number of benzene rings is 2. The molecule has 2 aromatic rings. The number of carbonyl (C=O) groups excluding carboxylic acids is 2. The number of amides is 2. The third kappa shape index (κ3) is 2.90. The molecule has 1 aliphatic rings. The van der Waals surface area contributed by atoms with Crippen LogP contribution in [0, 0.1) is 0 Å². The van der Waals surface area contributed by atoms with E-state index in [-0.39, 0.29) is 11.8 Å². The van der Waals surface area contributed by atoms with E-state index in [0.717, 1.165) is 11.3 Å². The van der Waals surface area contributed by atoms with Crippen LogP contribution in [0.5, 0.6) is 5.75 Å². The minimum Gasteiger partial charge on any atom is -0.497 e. The summed E-state index contributed by atoms with van der Waals surface area (Å²) in [5, 5.41) is 2.86. The first-order valence-corrected chi connectivity index (χ1v) is 7.51. The first-order valence-electron chi connectivity index (χ1n) is 7.51. The van der Waals surface area contributed by atoms with Gasteiger partial charge in [-0.25, -0.2) is 0 Å². The predicted molar refractivity (Wildman–Crippen MR) is 89.1 cm³/mol. The van der Waals surface area contributed by atoms with Crippen LogP contribution in [0.25, 0.3) is 0 Å². The summed E-state index contributed by atoms with van der Waals surface area (Å²) < 4.78 is 5.08. The Labute approximate surface area is 134 Å². The SMILES string of the molecule is CCN1C(=O)Cc2cc(NC(=O)c3ccc(OC)cc3)ccc21. The maximum atomic E-state index is 12.3. The van der Waals surface area contributed by atoms with Gasteiger partial charge in [-0.1, -0.05) is 0 Å². The molecule has 0 aliphatic carbocycles. The van der Waals surface area contributed by atoms with Gasteiger partial charge in [0.25, 0.3) is 5.91 Å².